The molecule has 2 aromatic carbocycles. The van der Waals surface area contributed by atoms with E-state index in [0.717, 1.165) is 5.56 Å². The van der Waals surface area contributed by atoms with Crippen molar-refractivity contribution < 1.29 is 28.4 Å². The highest BCUT2D eigenvalue weighted by atomic mass is 16.7. The molecule has 10 nitrogen and oxygen atoms in total. The van der Waals surface area contributed by atoms with E-state index in [1.165, 1.54) is 14.2 Å². The zero-order valence-corrected chi connectivity index (χ0v) is 18.1. The molecule has 3 N–H and O–H groups in total. The average molecular weight is 448 g/mol. The average Bonchev–Trinajstić information content (AvgIpc) is 3.49. The summed E-state index contributed by atoms with van der Waals surface area (Å²) in [6.07, 6.45) is 0. The Hall–Kier alpha value is -4.52. The number of hydrogen-bond acceptors (Lipinski definition) is 9. The third-order valence-electron chi connectivity index (χ3n) is 5.64. The number of ether oxygens (including phenoxy) is 6. The van der Waals surface area contributed by atoms with E-state index in [4.69, 9.17) is 34.2 Å². The van der Waals surface area contributed by atoms with Gasteiger partial charge in [-0.25, -0.2) is 0 Å². The molecule has 3 heterocycles. The molecule has 5 rings (SSSR count). The highest BCUT2D eigenvalue weighted by Crippen LogP contribution is 2.55. The van der Waals surface area contributed by atoms with Gasteiger partial charge in [-0.2, -0.15) is 5.26 Å². The van der Waals surface area contributed by atoms with Crippen LogP contribution in [0.3, 0.4) is 0 Å². The number of methoxy groups -OCH3 is 3. The normalized spacial score (nSPS) is 16.0. The van der Waals surface area contributed by atoms with Crippen molar-refractivity contribution in [1.29, 1.82) is 5.26 Å². The second kappa shape index (κ2) is 7.87. The standard InChI is InChI=1S/C23H20N4O6/c1-28-12-6-4-11(5-7-12)18-17-16(14(9-24)22(25)33-23(17)27-26-18)13-8-15(29-2)20-21(19(13)30-3)32-10-31-20/h4-8,16H,10,25H2,1-3H3,(H,26,27). The molecular weight excluding hydrogens is 428 g/mol. The fourth-order valence-electron chi connectivity index (χ4n) is 4.14. The van der Waals surface area contributed by atoms with E-state index in [0.29, 0.717) is 45.6 Å². The summed E-state index contributed by atoms with van der Waals surface area (Å²) in [5.41, 5.74) is 9.05. The lowest BCUT2D eigenvalue weighted by Crippen LogP contribution is -2.21. The van der Waals surface area contributed by atoms with E-state index < -0.39 is 5.92 Å². The summed E-state index contributed by atoms with van der Waals surface area (Å²) in [7, 11) is 4.65. The fourth-order valence-corrected chi connectivity index (χ4v) is 4.14. The number of hydrogen-bond donors (Lipinski definition) is 2. The predicted molar refractivity (Wildman–Crippen MR) is 116 cm³/mol. The van der Waals surface area contributed by atoms with E-state index in [-0.39, 0.29) is 24.1 Å². The van der Waals surface area contributed by atoms with Gasteiger partial charge in [-0.05, 0) is 30.3 Å². The lowest BCUT2D eigenvalue weighted by atomic mass is 9.82. The van der Waals surface area contributed by atoms with Gasteiger partial charge < -0.3 is 34.2 Å². The van der Waals surface area contributed by atoms with Gasteiger partial charge >= 0.3 is 0 Å². The van der Waals surface area contributed by atoms with E-state index in [2.05, 4.69) is 16.3 Å². The van der Waals surface area contributed by atoms with Crippen LogP contribution in [0.25, 0.3) is 11.3 Å². The van der Waals surface area contributed by atoms with Gasteiger partial charge in [-0.15, -0.1) is 5.10 Å². The van der Waals surface area contributed by atoms with Gasteiger partial charge in [0, 0.05) is 11.1 Å². The van der Waals surface area contributed by atoms with E-state index in [1.54, 1.807) is 13.2 Å². The first-order valence-corrected chi connectivity index (χ1v) is 9.96. The van der Waals surface area contributed by atoms with Crippen molar-refractivity contribution in [2.24, 2.45) is 5.73 Å². The molecule has 0 saturated heterocycles. The van der Waals surface area contributed by atoms with Crippen molar-refractivity contribution in [2.75, 3.05) is 28.1 Å². The molecule has 0 saturated carbocycles. The van der Waals surface area contributed by atoms with Crippen LogP contribution in [-0.4, -0.2) is 38.3 Å². The molecule has 1 aromatic heterocycles. The Morgan fingerprint density at radius 2 is 1.85 bits per heavy atom. The lowest BCUT2D eigenvalue weighted by Gasteiger charge is -2.26. The maximum atomic E-state index is 10.0. The number of aromatic nitrogens is 2. The van der Waals surface area contributed by atoms with Crippen molar-refractivity contribution in [1.82, 2.24) is 10.2 Å². The van der Waals surface area contributed by atoms with Crippen LogP contribution in [0.4, 0.5) is 0 Å². The molecule has 2 aliphatic rings. The van der Waals surface area contributed by atoms with Crippen molar-refractivity contribution in [3.05, 3.63) is 52.9 Å². The predicted octanol–water partition coefficient (Wildman–Crippen LogP) is 3.05. The van der Waals surface area contributed by atoms with Crippen molar-refractivity contribution in [3.63, 3.8) is 0 Å². The van der Waals surface area contributed by atoms with Crippen molar-refractivity contribution >= 4 is 0 Å². The third kappa shape index (κ3) is 3.05. The molecule has 0 amide bonds. The minimum atomic E-state index is -0.673. The van der Waals surface area contributed by atoms with Crippen LogP contribution in [0.2, 0.25) is 0 Å². The zero-order valence-electron chi connectivity index (χ0n) is 18.1. The molecule has 0 bridgehead atoms. The molecule has 33 heavy (non-hydrogen) atoms. The van der Waals surface area contributed by atoms with Gasteiger partial charge in [0.2, 0.25) is 30.1 Å². The summed E-state index contributed by atoms with van der Waals surface area (Å²) in [6, 6.07) is 11.4. The number of nitrogens with two attached hydrogens (primary N) is 1. The topological polar surface area (TPSA) is 134 Å². The number of benzene rings is 2. The van der Waals surface area contributed by atoms with Crippen LogP contribution in [-0.2, 0) is 0 Å². The number of fused-ring (bicyclic) bond motifs is 2. The number of allylic oxidation sites excluding steroid dienone is 1. The maximum Gasteiger partial charge on any atom is 0.244 e. The molecule has 10 heteroatoms. The Morgan fingerprint density at radius 1 is 1.09 bits per heavy atom. The van der Waals surface area contributed by atoms with Gasteiger partial charge in [0.05, 0.1) is 38.5 Å². The summed E-state index contributed by atoms with van der Waals surface area (Å²) < 4.78 is 33.4. The Balaban J connectivity index is 1.77. The molecule has 0 radical (unpaired) electrons. The van der Waals surface area contributed by atoms with Crippen molar-refractivity contribution in [2.45, 2.75) is 5.92 Å². The molecule has 0 aliphatic carbocycles. The lowest BCUT2D eigenvalue weighted by molar-refractivity contribution is 0.168. The Morgan fingerprint density at radius 3 is 2.52 bits per heavy atom. The van der Waals surface area contributed by atoms with Gasteiger partial charge in [0.15, 0.2) is 11.5 Å². The summed E-state index contributed by atoms with van der Waals surface area (Å²) in [5, 5.41) is 17.4. The summed E-state index contributed by atoms with van der Waals surface area (Å²) in [5.74, 6) is 1.94. The summed E-state index contributed by atoms with van der Waals surface area (Å²) >= 11 is 0. The Kier molecular flexibility index (Phi) is 4.86. The maximum absolute atomic E-state index is 10.0. The number of nitrogens with zero attached hydrogens (tertiary/aromatic N) is 2. The quantitative estimate of drug-likeness (QED) is 0.604. The smallest absolute Gasteiger partial charge is 0.244 e. The SMILES string of the molecule is COc1ccc(-c2[nH]nc3c2C(c2cc(OC)c4c(c2OC)OCO4)C(C#N)=C(N)O3)cc1. The minimum absolute atomic E-state index is 0.0242. The summed E-state index contributed by atoms with van der Waals surface area (Å²) in [4.78, 5) is 0. The van der Waals surface area contributed by atoms with Crippen LogP contribution >= 0.6 is 0 Å². The van der Waals surface area contributed by atoms with Crippen molar-refractivity contribution in [3.8, 4) is 52.0 Å². The van der Waals surface area contributed by atoms with E-state index >= 15 is 0 Å². The number of H-pyrrole nitrogens is 1. The highest BCUT2D eigenvalue weighted by Gasteiger charge is 2.40. The van der Waals surface area contributed by atoms with Crippen LogP contribution in [0, 0.1) is 11.3 Å². The number of nitriles is 1. The first kappa shape index (κ1) is 20.4. The Labute approximate surface area is 189 Å². The number of rotatable bonds is 5. The third-order valence-corrected chi connectivity index (χ3v) is 5.64. The van der Waals surface area contributed by atoms with Crippen LogP contribution in [0.1, 0.15) is 17.0 Å². The summed E-state index contributed by atoms with van der Waals surface area (Å²) in [6.45, 7) is 0.0242. The number of aromatic amines is 1. The van der Waals surface area contributed by atoms with E-state index in [1.807, 2.05) is 24.3 Å². The monoisotopic (exact) mass is 448 g/mol. The van der Waals surface area contributed by atoms with Gasteiger partial charge in [-0.3, -0.25) is 5.10 Å². The molecular formula is C23H20N4O6. The second-order valence-electron chi connectivity index (χ2n) is 7.24. The molecule has 1 atom stereocenters. The highest BCUT2D eigenvalue weighted by molar-refractivity contribution is 5.74. The Bertz CT molecular complexity index is 1310. The second-order valence-corrected chi connectivity index (χ2v) is 7.24. The first-order valence-electron chi connectivity index (χ1n) is 9.96. The molecule has 1 unspecified atom stereocenters. The first-order chi connectivity index (χ1) is 16.1. The van der Waals surface area contributed by atoms with Gasteiger partial charge in [0.25, 0.3) is 0 Å². The van der Waals surface area contributed by atoms with Crippen LogP contribution < -0.4 is 34.2 Å². The zero-order chi connectivity index (χ0) is 23.1. The van der Waals surface area contributed by atoms with Crippen LogP contribution in [0.5, 0.6) is 34.6 Å². The molecule has 0 spiro atoms. The molecule has 3 aromatic rings. The van der Waals surface area contributed by atoms with E-state index in [9.17, 15) is 5.26 Å². The minimum Gasteiger partial charge on any atom is -0.497 e. The van der Waals surface area contributed by atoms with Crippen LogP contribution in [0.15, 0.2) is 41.8 Å². The van der Waals surface area contributed by atoms with Gasteiger partial charge in [0.1, 0.15) is 17.4 Å². The van der Waals surface area contributed by atoms with Gasteiger partial charge in [-0.1, -0.05) is 0 Å². The molecule has 0 fully saturated rings. The largest absolute Gasteiger partial charge is 0.497 e. The molecule has 2 aliphatic heterocycles. The fraction of sp³-hybridized carbons (Fsp3) is 0.217. The molecule has 168 valence electrons. The number of nitrogens with one attached hydrogen (secondary N) is 1.